The maximum Gasteiger partial charge on any atom is 0.164 e. The Morgan fingerprint density at radius 2 is 0.906 bits per heavy atom. The molecule has 0 saturated heterocycles. The molecule has 13 aromatic rings. The first-order chi connectivity index (χ1) is 31.7. The lowest BCUT2D eigenvalue weighted by Gasteiger charge is -2.16. The van der Waals surface area contributed by atoms with E-state index in [0.717, 1.165) is 55.7 Å². The molecule has 298 valence electrons. The van der Waals surface area contributed by atoms with Gasteiger partial charge >= 0.3 is 0 Å². The van der Waals surface area contributed by atoms with E-state index in [4.69, 9.17) is 15.0 Å². The third kappa shape index (κ3) is 6.01. The second-order valence-corrected chi connectivity index (χ2v) is 17.5. The van der Waals surface area contributed by atoms with Gasteiger partial charge < -0.3 is 4.57 Å². The standard InChI is InChI=1S/C59H36N4S/c1-3-15-37(16-4-1)39-23-13-24-44(31-39)58-60-57(38-17-5-2-6-18-38)61-59(62-58)48-30-29-45(63-52-27-12-11-25-46(52)50-32-40-19-7-9-21-42(40)34-53(50)63)36-49(48)47-26-14-28-54-56(47)51-33-41-20-8-10-22-43(41)35-55(51)64-54/h1-36H. The first kappa shape index (κ1) is 36.4. The average molecular weight is 833 g/mol. The van der Waals surface area contributed by atoms with E-state index in [9.17, 15) is 0 Å². The molecule has 0 aliphatic heterocycles. The van der Waals surface area contributed by atoms with Gasteiger partial charge in [0.05, 0.1) is 11.0 Å². The molecule has 0 fully saturated rings. The molecule has 0 N–H and O–H groups in total. The Morgan fingerprint density at radius 1 is 0.312 bits per heavy atom. The number of thiophene rings is 1. The molecular weight excluding hydrogens is 797 g/mol. The molecule has 13 rings (SSSR count). The Balaban J connectivity index is 1.11. The summed E-state index contributed by atoms with van der Waals surface area (Å²) in [4.78, 5) is 15.9. The zero-order valence-electron chi connectivity index (χ0n) is 34.5. The summed E-state index contributed by atoms with van der Waals surface area (Å²) in [7, 11) is 0. The van der Waals surface area contributed by atoms with Crippen molar-refractivity contribution >= 4 is 74.9 Å². The van der Waals surface area contributed by atoms with Crippen LogP contribution in [0.4, 0.5) is 0 Å². The van der Waals surface area contributed by atoms with Gasteiger partial charge in [-0.05, 0) is 104 Å². The molecule has 0 amide bonds. The van der Waals surface area contributed by atoms with Gasteiger partial charge in [-0.15, -0.1) is 11.3 Å². The molecule has 64 heavy (non-hydrogen) atoms. The van der Waals surface area contributed by atoms with Gasteiger partial charge in [0.2, 0.25) is 0 Å². The molecule has 0 bridgehead atoms. The summed E-state index contributed by atoms with van der Waals surface area (Å²) in [5, 5.41) is 9.83. The number of rotatable bonds is 6. The quantitative estimate of drug-likeness (QED) is 0.168. The minimum Gasteiger partial charge on any atom is -0.309 e. The molecule has 0 atom stereocenters. The molecular formula is C59H36N4S. The maximum atomic E-state index is 5.39. The van der Waals surface area contributed by atoms with Crippen molar-refractivity contribution in [2.75, 3.05) is 0 Å². The highest BCUT2D eigenvalue weighted by atomic mass is 32.1. The van der Waals surface area contributed by atoms with E-state index in [2.05, 4.69) is 199 Å². The van der Waals surface area contributed by atoms with Gasteiger partial charge in [-0.25, -0.2) is 15.0 Å². The number of aromatic nitrogens is 4. The summed E-state index contributed by atoms with van der Waals surface area (Å²) in [6.07, 6.45) is 0. The molecule has 10 aromatic carbocycles. The molecule has 0 aliphatic carbocycles. The number of nitrogens with zero attached hydrogens (tertiary/aromatic N) is 4. The van der Waals surface area contributed by atoms with E-state index in [-0.39, 0.29) is 0 Å². The molecule has 3 aromatic heterocycles. The van der Waals surface area contributed by atoms with E-state index in [1.54, 1.807) is 0 Å². The van der Waals surface area contributed by atoms with Crippen LogP contribution >= 0.6 is 11.3 Å². The van der Waals surface area contributed by atoms with Crippen LogP contribution in [0.5, 0.6) is 0 Å². The van der Waals surface area contributed by atoms with Gasteiger partial charge in [0.25, 0.3) is 0 Å². The van der Waals surface area contributed by atoms with E-state index in [1.807, 2.05) is 35.6 Å². The molecule has 0 aliphatic rings. The fourth-order valence-corrected chi connectivity index (χ4v) is 10.7. The Bertz CT molecular complexity index is 3960. The molecule has 4 nitrogen and oxygen atoms in total. The minimum atomic E-state index is 0.616. The van der Waals surface area contributed by atoms with Crippen LogP contribution in [-0.4, -0.2) is 19.5 Å². The molecule has 0 saturated carbocycles. The fourth-order valence-electron chi connectivity index (χ4n) is 9.57. The van der Waals surface area contributed by atoms with Crippen molar-refractivity contribution in [2.24, 2.45) is 0 Å². The van der Waals surface area contributed by atoms with Crippen molar-refractivity contribution < 1.29 is 0 Å². The summed E-state index contributed by atoms with van der Waals surface area (Å²) in [6, 6.07) is 78.2. The largest absolute Gasteiger partial charge is 0.309 e. The Morgan fingerprint density at radius 3 is 1.69 bits per heavy atom. The van der Waals surface area contributed by atoms with E-state index >= 15 is 0 Å². The third-order valence-electron chi connectivity index (χ3n) is 12.6. The molecule has 3 heterocycles. The maximum absolute atomic E-state index is 5.39. The Labute approximate surface area is 373 Å². The number of fused-ring (bicyclic) bond motifs is 8. The zero-order valence-corrected chi connectivity index (χ0v) is 35.3. The Hall–Kier alpha value is -8.25. The molecule has 0 radical (unpaired) electrons. The van der Waals surface area contributed by atoms with Crippen LogP contribution in [-0.2, 0) is 0 Å². The van der Waals surface area contributed by atoms with E-state index < -0.39 is 0 Å². The number of benzene rings is 10. The van der Waals surface area contributed by atoms with Crippen LogP contribution < -0.4 is 0 Å². The van der Waals surface area contributed by atoms with E-state index in [1.165, 1.54) is 52.5 Å². The predicted molar refractivity (Wildman–Crippen MR) is 269 cm³/mol. The SMILES string of the molecule is c1ccc(-c2cccc(-c3nc(-c4ccccc4)nc(-c4ccc(-n5c6ccccc6c6cc7ccccc7cc65)cc4-c4cccc5sc6cc7ccccc7cc6c45)n3)c2)cc1. The summed E-state index contributed by atoms with van der Waals surface area (Å²) in [6.45, 7) is 0. The normalized spacial score (nSPS) is 11.8. The monoisotopic (exact) mass is 832 g/mol. The topological polar surface area (TPSA) is 43.6 Å². The second-order valence-electron chi connectivity index (χ2n) is 16.4. The highest BCUT2D eigenvalue weighted by Crippen LogP contribution is 2.45. The van der Waals surface area contributed by atoms with Gasteiger partial charge in [-0.3, -0.25) is 0 Å². The summed E-state index contributed by atoms with van der Waals surface area (Å²) in [5.41, 5.74) is 10.6. The fraction of sp³-hybridized carbons (Fsp3) is 0. The lowest BCUT2D eigenvalue weighted by atomic mass is 9.93. The molecule has 5 heteroatoms. The van der Waals surface area contributed by atoms with Gasteiger partial charge in [0.15, 0.2) is 17.5 Å². The lowest BCUT2D eigenvalue weighted by Crippen LogP contribution is -2.02. The van der Waals surface area contributed by atoms with Crippen molar-refractivity contribution in [1.82, 2.24) is 19.5 Å². The third-order valence-corrected chi connectivity index (χ3v) is 13.7. The second kappa shape index (κ2) is 14.7. The number of hydrogen-bond acceptors (Lipinski definition) is 4. The summed E-state index contributed by atoms with van der Waals surface area (Å²) >= 11 is 1.85. The van der Waals surface area contributed by atoms with Crippen LogP contribution in [0.1, 0.15) is 0 Å². The van der Waals surface area contributed by atoms with Crippen LogP contribution in [0.15, 0.2) is 218 Å². The summed E-state index contributed by atoms with van der Waals surface area (Å²) in [5.74, 6) is 1.86. The molecule has 0 unspecified atom stereocenters. The van der Waals surface area contributed by atoms with Crippen molar-refractivity contribution in [1.29, 1.82) is 0 Å². The first-order valence-corrected chi connectivity index (χ1v) is 22.4. The van der Waals surface area contributed by atoms with Crippen LogP contribution in [0, 0.1) is 0 Å². The molecule has 0 spiro atoms. The van der Waals surface area contributed by atoms with Crippen LogP contribution in [0.25, 0.3) is 126 Å². The van der Waals surface area contributed by atoms with Crippen LogP contribution in [0.3, 0.4) is 0 Å². The predicted octanol–water partition coefficient (Wildman–Crippen LogP) is 16.0. The van der Waals surface area contributed by atoms with Gasteiger partial charge in [-0.2, -0.15) is 0 Å². The summed E-state index contributed by atoms with van der Waals surface area (Å²) < 4.78 is 4.93. The Kier molecular flexibility index (Phi) is 8.36. The highest BCUT2D eigenvalue weighted by Gasteiger charge is 2.22. The van der Waals surface area contributed by atoms with Crippen molar-refractivity contribution in [3.8, 4) is 62.1 Å². The number of para-hydroxylation sites is 1. The van der Waals surface area contributed by atoms with Crippen molar-refractivity contribution in [2.45, 2.75) is 0 Å². The van der Waals surface area contributed by atoms with Gasteiger partial charge in [0, 0.05) is 53.3 Å². The van der Waals surface area contributed by atoms with Gasteiger partial charge in [0.1, 0.15) is 0 Å². The first-order valence-electron chi connectivity index (χ1n) is 21.6. The smallest absolute Gasteiger partial charge is 0.164 e. The van der Waals surface area contributed by atoms with E-state index in [0.29, 0.717) is 17.5 Å². The van der Waals surface area contributed by atoms with Crippen molar-refractivity contribution in [3.05, 3.63) is 218 Å². The van der Waals surface area contributed by atoms with Crippen molar-refractivity contribution in [3.63, 3.8) is 0 Å². The average Bonchev–Trinajstić information content (AvgIpc) is 3.89. The van der Waals surface area contributed by atoms with Gasteiger partial charge in [-0.1, -0.05) is 158 Å². The zero-order chi connectivity index (χ0) is 42.1. The highest BCUT2D eigenvalue weighted by molar-refractivity contribution is 7.26. The van der Waals surface area contributed by atoms with Crippen LogP contribution in [0.2, 0.25) is 0 Å². The lowest BCUT2D eigenvalue weighted by molar-refractivity contribution is 1.07. The number of hydrogen-bond donors (Lipinski definition) is 0. The minimum absolute atomic E-state index is 0.616.